The van der Waals surface area contributed by atoms with E-state index < -0.39 is 0 Å². The summed E-state index contributed by atoms with van der Waals surface area (Å²) in [6, 6.07) is 11.6. The van der Waals surface area contributed by atoms with Crippen LogP contribution in [0.2, 0.25) is 0 Å². The predicted octanol–water partition coefficient (Wildman–Crippen LogP) is 3.38. The van der Waals surface area contributed by atoms with Gasteiger partial charge >= 0.3 is 0 Å². The molecule has 3 aromatic heterocycles. The molecule has 4 aromatic rings. The Hall–Kier alpha value is -3.42. The Labute approximate surface area is 180 Å². The minimum Gasteiger partial charge on any atom is -0.337 e. The van der Waals surface area contributed by atoms with Gasteiger partial charge in [0.05, 0.1) is 22.9 Å². The van der Waals surface area contributed by atoms with Gasteiger partial charge in [0.15, 0.2) is 11.5 Å². The number of amides is 1. The van der Waals surface area contributed by atoms with Gasteiger partial charge in [0.1, 0.15) is 5.69 Å². The number of benzene rings is 1. The minimum absolute atomic E-state index is 0.0492. The molecule has 0 unspecified atom stereocenters. The molecule has 1 aliphatic heterocycles. The summed E-state index contributed by atoms with van der Waals surface area (Å²) in [7, 11) is 0. The van der Waals surface area contributed by atoms with Crippen molar-refractivity contribution in [3.05, 3.63) is 59.8 Å². The summed E-state index contributed by atoms with van der Waals surface area (Å²) >= 11 is 0. The lowest BCUT2D eigenvalue weighted by Crippen LogP contribution is -2.38. The number of para-hydroxylation sites is 2. The molecule has 0 bridgehead atoms. The van der Waals surface area contributed by atoms with Crippen LogP contribution in [-0.2, 0) is 5.41 Å². The van der Waals surface area contributed by atoms with Crippen molar-refractivity contribution in [1.29, 1.82) is 0 Å². The maximum Gasteiger partial charge on any atom is 0.274 e. The van der Waals surface area contributed by atoms with Crippen LogP contribution in [0.25, 0.3) is 16.7 Å². The lowest BCUT2D eigenvalue weighted by molar-refractivity contribution is 0.0704. The number of carbonyl (C=O) groups is 1. The van der Waals surface area contributed by atoms with Crippen LogP contribution in [0.1, 0.15) is 61.5 Å². The second-order valence-electron chi connectivity index (χ2n) is 9.11. The van der Waals surface area contributed by atoms with Crippen LogP contribution >= 0.6 is 0 Å². The van der Waals surface area contributed by atoms with E-state index in [0.29, 0.717) is 18.8 Å². The summed E-state index contributed by atoms with van der Waals surface area (Å²) in [5.74, 6) is 1.01. The van der Waals surface area contributed by atoms with Crippen molar-refractivity contribution in [1.82, 2.24) is 34.7 Å². The van der Waals surface area contributed by atoms with Crippen molar-refractivity contribution < 1.29 is 4.79 Å². The first-order valence-corrected chi connectivity index (χ1v) is 10.6. The average Bonchev–Trinajstić information content (AvgIpc) is 3.21. The SMILES string of the molecule is CC(C)(C)c1ccc2nnc(C3CCN(C(=O)c4cnc5ccccc5n4)CC3)n2n1. The van der Waals surface area contributed by atoms with E-state index in [1.165, 1.54) is 0 Å². The maximum atomic E-state index is 13.0. The summed E-state index contributed by atoms with van der Waals surface area (Å²) in [4.78, 5) is 23.7. The molecular weight excluding hydrogens is 390 g/mol. The van der Waals surface area contributed by atoms with Crippen LogP contribution in [0.5, 0.6) is 0 Å². The highest BCUT2D eigenvalue weighted by molar-refractivity contribution is 5.93. The number of aromatic nitrogens is 6. The van der Waals surface area contributed by atoms with Crippen LogP contribution in [-0.4, -0.2) is 53.7 Å². The molecule has 1 aromatic carbocycles. The number of hydrogen-bond donors (Lipinski definition) is 0. The predicted molar refractivity (Wildman–Crippen MR) is 117 cm³/mol. The molecule has 0 aliphatic carbocycles. The van der Waals surface area contributed by atoms with E-state index in [-0.39, 0.29) is 17.2 Å². The van der Waals surface area contributed by atoms with E-state index in [0.717, 1.165) is 41.0 Å². The number of likely N-dealkylation sites (tertiary alicyclic amines) is 1. The van der Waals surface area contributed by atoms with Crippen molar-refractivity contribution in [3.8, 4) is 0 Å². The van der Waals surface area contributed by atoms with Crippen LogP contribution in [0.3, 0.4) is 0 Å². The van der Waals surface area contributed by atoms with Crippen molar-refractivity contribution in [2.75, 3.05) is 13.1 Å². The highest BCUT2D eigenvalue weighted by Gasteiger charge is 2.29. The zero-order valence-corrected chi connectivity index (χ0v) is 18.0. The first-order chi connectivity index (χ1) is 14.9. The fourth-order valence-corrected chi connectivity index (χ4v) is 4.02. The standard InChI is InChI=1S/C23H25N7O/c1-23(2,3)19-8-9-20-26-27-21(30(20)28-19)15-10-12-29(13-11-15)22(31)18-14-24-16-6-4-5-7-17(16)25-18/h4-9,14-15H,10-13H2,1-3H3. The first kappa shape index (κ1) is 19.5. The number of nitrogens with zero attached hydrogens (tertiary/aromatic N) is 7. The molecule has 1 fully saturated rings. The third-order valence-electron chi connectivity index (χ3n) is 5.87. The van der Waals surface area contributed by atoms with E-state index in [9.17, 15) is 4.79 Å². The largest absolute Gasteiger partial charge is 0.337 e. The number of fused-ring (bicyclic) bond motifs is 2. The fourth-order valence-electron chi connectivity index (χ4n) is 4.02. The fraction of sp³-hybridized carbons (Fsp3) is 0.391. The van der Waals surface area contributed by atoms with Gasteiger partial charge in [-0.15, -0.1) is 10.2 Å². The number of piperidine rings is 1. The Morgan fingerprint density at radius 2 is 1.74 bits per heavy atom. The molecule has 158 valence electrons. The van der Waals surface area contributed by atoms with Crippen molar-refractivity contribution in [2.45, 2.75) is 44.9 Å². The van der Waals surface area contributed by atoms with Crippen molar-refractivity contribution in [2.24, 2.45) is 0 Å². The van der Waals surface area contributed by atoms with Crippen LogP contribution in [0, 0.1) is 0 Å². The Balaban J connectivity index is 1.33. The molecular formula is C23H25N7O. The summed E-state index contributed by atoms with van der Waals surface area (Å²) in [6.07, 6.45) is 3.20. The van der Waals surface area contributed by atoms with Gasteiger partial charge < -0.3 is 4.90 Å². The topological polar surface area (TPSA) is 89.2 Å². The Bertz CT molecular complexity index is 1270. The normalized spacial score (nSPS) is 15.6. The van der Waals surface area contributed by atoms with E-state index in [1.54, 1.807) is 6.20 Å². The first-order valence-electron chi connectivity index (χ1n) is 10.6. The molecule has 0 atom stereocenters. The molecule has 0 spiro atoms. The Kier molecular flexibility index (Phi) is 4.64. The lowest BCUT2D eigenvalue weighted by atomic mass is 9.92. The summed E-state index contributed by atoms with van der Waals surface area (Å²) in [6.45, 7) is 7.72. The van der Waals surface area contributed by atoms with Crippen molar-refractivity contribution >= 4 is 22.6 Å². The van der Waals surface area contributed by atoms with Gasteiger partial charge in [0, 0.05) is 24.4 Å². The molecule has 4 heterocycles. The monoisotopic (exact) mass is 415 g/mol. The average molecular weight is 416 g/mol. The zero-order valence-electron chi connectivity index (χ0n) is 18.0. The van der Waals surface area contributed by atoms with Gasteiger partial charge in [-0.25, -0.2) is 4.98 Å². The summed E-state index contributed by atoms with van der Waals surface area (Å²) in [5, 5.41) is 13.5. The smallest absolute Gasteiger partial charge is 0.274 e. The molecule has 0 radical (unpaired) electrons. The van der Waals surface area contributed by atoms with Gasteiger partial charge in [0.2, 0.25) is 0 Å². The van der Waals surface area contributed by atoms with Gasteiger partial charge in [0.25, 0.3) is 5.91 Å². The van der Waals surface area contributed by atoms with E-state index in [4.69, 9.17) is 5.10 Å². The van der Waals surface area contributed by atoms with Crippen LogP contribution < -0.4 is 0 Å². The van der Waals surface area contributed by atoms with Gasteiger partial charge in [-0.05, 0) is 37.1 Å². The zero-order chi connectivity index (χ0) is 21.6. The third kappa shape index (κ3) is 3.62. The highest BCUT2D eigenvalue weighted by atomic mass is 16.2. The lowest BCUT2D eigenvalue weighted by Gasteiger charge is -2.31. The number of rotatable bonds is 2. The summed E-state index contributed by atoms with van der Waals surface area (Å²) < 4.78 is 1.87. The molecule has 8 nitrogen and oxygen atoms in total. The molecule has 0 N–H and O–H groups in total. The van der Waals surface area contributed by atoms with E-state index in [2.05, 4.69) is 40.9 Å². The Morgan fingerprint density at radius 3 is 2.48 bits per heavy atom. The Morgan fingerprint density at radius 1 is 1.00 bits per heavy atom. The van der Waals surface area contributed by atoms with Crippen LogP contribution in [0.4, 0.5) is 0 Å². The molecule has 0 saturated carbocycles. The van der Waals surface area contributed by atoms with Gasteiger partial charge in [-0.3, -0.25) is 9.78 Å². The molecule has 8 heteroatoms. The maximum absolute atomic E-state index is 13.0. The van der Waals surface area contributed by atoms with Gasteiger partial charge in [-0.1, -0.05) is 32.9 Å². The number of carbonyl (C=O) groups excluding carboxylic acids is 1. The quantitative estimate of drug-likeness (QED) is 0.499. The van der Waals surface area contributed by atoms with Gasteiger partial charge in [-0.2, -0.15) is 9.61 Å². The molecule has 31 heavy (non-hydrogen) atoms. The van der Waals surface area contributed by atoms with E-state index in [1.807, 2.05) is 45.8 Å². The number of hydrogen-bond acceptors (Lipinski definition) is 6. The van der Waals surface area contributed by atoms with Crippen molar-refractivity contribution in [3.63, 3.8) is 0 Å². The van der Waals surface area contributed by atoms with E-state index >= 15 is 0 Å². The second kappa shape index (κ2) is 7.37. The molecule has 1 saturated heterocycles. The molecule has 1 aliphatic rings. The second-order valence-corrected chi connectivity index (χ2v) is 9.11. The molecule has 5 rings (SSSR count). The third-order valence-corrected chi connectivity index (χ3v) is 5.87. The highest BCUT2D eigenvalue weighted by Crippen LogP contribution is 2.28. The minimum atomic E-state index is -0.0732. The molecule has 1 amide bonds. The summed E-state index contributed by atoms with van der Waals surface area (Å²) in [5.41, 5.74) is 3.63. The van der Waals surface area contributed by atoms with Crippen LogP contribution in [0.15, 0.2) is 42.6 Å².